The smallest absolute Gasteiger partial charge is 0.300 e. The number of hydrogen-bond donors (Lipinski definition) is 1. The van der Waals surface area contributed by atoms with Gasteiger partial charge >= 0.3 is 5.69 Å². The molecule has 9 heteroatoms. The van der Waals surface area contributed by atoms with Gasteiger partial charge in [-0.25, -0.2) is 13.5 Å². The Bertz CT molecular complexity index is 679. The summed E-state index contributed by atoms with van der Waals surface area (Å²) in [6.45, 7) is 2.85. The van der Waals surface area contributed by atoms with E-state index >= 15 is 0 Å². The lowest BCUT2D eigenvalue weighted by Crippen LogP contribution is -2.15. The average molecular weight is 284 g/mol. The molecule has 2 rings (SSSR count). The van der Waals surface area contributed by atoms with Crippen molar-refractivity contribution in [1.29, 1.82) is 0 Å². The molecule has 20 heavy (non-hydrogen) atoms. The third-order valence-electron chi connectivity index (χ3n) is 2.55. The number of nitro groups is 1. The minimum atomic E-state index is -1.34. The lowest BCUT2D eigenvalue weighted by atomic mass is 10.1. The lowest BCUT2D eigenvalue weighted by Gasteiger charge is -2.11. The van der Waals surface area contributed by atoms with E-state index in [1.807, 2.05) is 0 Å². The Morgan fingerprint density at radius 1 is 1.40 bits per heavy atom. The molecule has 0 unspecified atom stereocenters. The molecule has 0 bridgehead atoms. The maximum atomic E-state index is 13.8. The van der Waals surface area contributed by atoms with E-state index in [2.05, 4.69) is 10.3 Å². The van der Waals surface area contributed by atoms with E-state index < -0.39 is 33.5 Å². The molecular formula is C11H10F2N4O3. The number of halogens is 2. The van der Waals surface area contributed by atoms with Crippen molar-refractivity contribution in [3.63, 3.8) is 0 Å². The molecule has 0 atom stereocenters. The number of nitro benzene ring substituents is 1. The van der Waals surface area contributed by atoms with Gasteiger partial charge in [-0.15, -0.1) is 5.10 Å². The topological polar surface area (TPSA) is 94.1 Å². The van der Waals surface area contributed by atoms with Crippen molar-refractivity contribution < 1.29 is 18.8 Å². The minimum Gasteiger partial charge on any atom is -0.384 e. The van der Waals surface area contributed by atoms with E-state index in [0.717, 1.165) is 10.9 Å². The Kier molecular flexibility index (Phi) is 3.22. The molecule has 1 heterocycles. The lowest BCUT2D eigenvalue weighted by molar-refractivity contribution is -0.385. The zero-order chi connectivity index (χ0) is 15.1. The Morgan fingerprint density at radius 2 is 2.05 bits per heavy atom. The van der Waals surface area contributed by atoms with E-state index in [9.17, 15) is 24.0 Å². The second-order valence-corrected chi connectivity index (χ2v) is 4.62. The molecule has 0 amide bonds. The van der Waals surface area contributed by atoms with Crippen LogP contribution in [-0.4, -0.2) is 25.0 Å². The molecule has 0 spiro atoms. The highest BCUT2D eigenvalue weighted by molar-refractivity contribution is 5.53. The van der Waals surface area contributed by atoms with Gasteiger partial charge in [-0.1, -0.05) is 5.21 Å². The molecule has 0 fully saturated rings. The molecule has 0 saturated heterocycles. The first-order valence-electron chi connectivity index (χ1n) is 5.49. The molecule has 0 aliphatic rings. The summed E-state index contributed by atoms with van der Waals surface area (Å²) < 4.78 is 27.6. The van der Waals surface area contributed by atoms with Gasteiger partial charge in [0.25, 0.3) is 0 Å². The van der Waals surface area contributed by atoms with Crippen molar-refractivity contribution >= 4 is 5.69 Å². The summed E-state index contributed by atoms with van der Waals surface area (Å²) in [5.74, 6) is -2.22. The highest BCUT2D eigenvalue weighted by atomic mass is 19.1. The number of rotatable bonds is 3. The fourth-order valence-electron chi connectivity index (χ4n) is 1.57. The third-order valence-corrected chi connectivity index (χ3v) is 2.55. The van der Waals surface area contributed by atoms with Gasteiger partial charge in [0.05, 0.1) is 17.2 Å². The fraction of sp³-hybridized carbons (Fsp3) is 0.273. The number of nitrogens with zero attached hydrogens (tertiary/aromatic N) is 4. The summed E-state index contributed by atoms with van der Waals surface area (Å²) in [4.78, 5) is 9.94. The summed E-state index contributed by atoms with van der Waals surface area (Å²) in [7, 11) is 0. The quantitative estimate of drug-likeness (QED) is 0.683. The normalized spacial score (nSPS) is 11.7. The summed E-state index contributed by atoms with van der Waals surface area (Å²) in [5, 5.41) is 27.7. The maximum Gasteiger partial charge on any atom is 0.300 e. The highest BCUT2D eigenvalue weighted by Crippen LogP contribution is 2.27. The number of hydrogen-bond acceptors (Lipinski definition) is 5. The molecule has 106 valence electrons. The number of benzene rings is 1. The van der Waals surface area contributed by atoms with Gasteiger partial charge < -0.3 is 5.11 Å². The van der Waals surface area contributed by atoms with Crippen LogP contribution in [0.3, 0.4) is 0 Å². The van der Waals surface area contributed by atoms with Crippen LogP contribution in [-0.2, 0) is 5.60 Å². The second-order valence-electron chi connectivity index (χ2n) is 4.62. The van der Waals surface area contributed by atoms with Gasteiger partial charge in [0.15, 0.2) is 11.5 Å². The van der Waals surface area contributed by atoms with Crippen LogP contribution in [0.5, 0.6) is 0 Å². The van der Waals surface area contributed by atoms with Crippen LogP contribution in [0.15, 0.2) is 18.3 Å². The monoisotopic (exact) mass is 284 g/mol. The predicted molar refractivity (Wildman–Crippen MR) is 63.2 cm³/mol. The van der Waals surface area contributed by atoms with Crippen molar-refractivity contribution in [1.82, 2.24) is 15.0 Å². The second kappa shape index (κ2) is 4.60. The fourth-order valence-corrected chi connectivity index (χ4v) is 1.57. The van der Waals surface area contributed by atoms with Crippen LogP contribution in [0.1, 0.15) is 19.5 Å². The first kappa shape index (κ1) is 14.0. The van der Waals surface area contributed by atoms with Crippen molar-refractivity contribution in [2.75, 3.05) is 0 Å². The first-order valence-corrected chi connectivity index (χ1v) is 5.49. The van der Waals surface area contributed by atoms with Gasteiger partial charge in [0, 0.05) is 6.07 Å². The van der Waals surface area contributed by atoms with E-state index in [1.165, 1.54) is 13.8 Å². The van der Waals surface area contributed by atoms with Crippen LogP contribution in [0.25, 0.3) is 5.69 Å². The molecule has 1 aromatic carbocycles. The van der Waals surface area contributed by atoms with Crippen LogP contribution in [0.2, 0.25) is 0 Å². The molecular weight excluding hydrogens is 274 g/mol. The van der Waals surface area contributed by atoms with Gasteiger partial charge in [0.2, 0.25) is 0 Å². The molecule has 0 aliphatic carbocycles. The van der Waals surface area contributed by atoms with Crippen molar-refractivity contribution in [2.24, 2.45) is 0 Å². The number of aromatic nitrogens is 3. The molecule has 7 nitrogen and oxygen atoms in total. The van der Waals surface area contributed by atoms with Gasteiger partial charge in [-0.2, -0.15) is 0 Å². The molecule has 2 aromatic rings. The van der Waals surface area contributed by atoms with E-state index in [0.29, 0.717) is 12.1 Å². The van der Waals surface area contributed by atoms with E-state index in [4.69, 9.17) is 0 Å². The summed E-state index contributed by atoms with van der Waals surface area (Å²) in [5.41, 5.74) is -2.58. The molecule has 1 N–H and O–H groups in total. The Balaban J connectivity index is 2.63. The van der Waals surface area contributed by atoms with Crippen LogP contribution < -0.4 is 0 Å². The minimum absolute atomic E-state index is 0.0931. The summed E-state index contributed by atoms with van der Waals surface area (Å²) >= 11 is 0. The number of aliphatic hydroxyl groups is 1. The van der Waals surface area contributed by atoms with Crippen LogP contribution in [0.4, 0.5) is 14.5 Å². The standard InChI is InChI=1S/C11H10F2N4O3/c1-11(2,18)9-5-16(15-14-9)10-7(13)3-6(12)4-8(10)17(19)20/h3-5,18H,1-2H3. The van der Waals surface area contributed by atoms with E-state index in [-0.39, 0.29) is 5.69 Å². The Hall–Kier alpha value is -2.42. The zero-order valence-corrected chi connectivity index (χ0v) is 10.5. The predicted octanol–water partition coefficient (Wildman–Crippen LogP) is 1.68. The first-order chi connectivity index (χ1) is 9.20. The SMILES string of the molecule is CC(C)(O)c1cn(-c2c(F)cc(F)cc2[N+](=O)[O-])nn1. The van der Waals surface area contributed by atoms with E-state index in [1.54, 1.807) is 0 Å². The molecule has 1 aromatic heterocycles. The molecule has 0 aliphatic heterocycles. The van der Waals surface area contributed by atoms with Crippen molar-refractivity contribution in [3.05, 3.63) is 45.8 Å². The Morgan fingerprint density at radius 3 is 2.55 bits per heavy atom. The van der Waals surface area contributed by atoms with Gasteiger partial charge in [0.1, 0.15) is 17.1 Å². The van der Waals surface area contributed by atoms with Crippen molar-refractivity contribution in [2.45, 2.75) is 19.4 Å². The van der Waals surface area contributed by atoms with Gasteiger partial charge in [-0.05, 0) is 13.8 Å². The zero-order valence-electron chi connectivity index (χ0n) is 10.5. The molecule has 0 saturated carbocycles. The molecule has 0 radical (unpaired) electrons. The van der Waals surface area contributed by atoms with Crippen LogP contribution in [0, 0.1) is 21.7 Å². The highest BCUT2D eigenvalue weighted by Gasteiger charge is 2.26. The largest absolute Gasteiger partial charge is 0.384 e. The summed E-state index contributed by atoms with van der Waals surface area (Å²) in [6, 6.07) is 1.09. The maximum absolute atomic E-state index is 13.8. The van der Waals surface area contributed by atoms with Crippen molar-refractivity contribution in [3.8, 4) is 5.69 Å². The Labute approximate surface area is 111 Å². The summed E-state index contributed by atoms with van der Waals surface area (Å²) in [6.07, 6.45) is 1.14. The third kappa shape index (κ3) is 2.48. The van der Waals surface area contributed by atoms with Gasteiger partial charge in [-0.3, -0.25) is 10.1 Å². The van der Waals surface area contributed by atoms with Crippen LogP contribution >= 0.6 is 0 Å². The average Bonchev–Trinajstić information content (AvgIpc) is 2.76.